The summed E-state index contributed by atoms with van der Waals surface area (Å²) in [5, 5.41) is 23.2. The lowest BCUT2D eigenvalue weighted by atomic mass is 10.0. The van der Waals surface area contributed by atoms with Crippen LogP contribution in [0.2, 0.25) is 0 Å². The predicted octanol–water partition coefficient (Wildman–Crippen LogP) is 20.1. The Labute approximate surface area is 425 Å². The Balaban J connectivity index is 3.45. The maximum absolute atomic E-state index is 12.5. The van der Waals surface area contributed by atoms with Gasteiger partial charge in [0.05, 0.1) is 18.8 Å². The van der Waals surface area contributed by atoms with E-state index in [1.54, 1.807) is 6.08 Å². The Morgan fingerprint density at radius 3 is 1.03 bits per heavy atom. The van der Waals surface area contributed by atoms with E-state index in [1.165, 1.54) is 231 Å². The van der Waals surface area contributed by atoms with Crippen LogP contribution >= 0.6 is 0 Å². The maximum atomic E-state index is 12.5. The van der Waals surface area contributed by atoms with Crippen molar-refractivity contribution in [3.8, 4) is 0 Å². The molecule has 0 saturated carbocycles. The second-order valence-electron chi connectivity index (χ2n) is 20.4. The van der Waals surface area contributed by atoms with Gasteiger partial charge in [-0.05, 0) is 70.6 Å². The predicted molar refractivity (Wildman–Crippen MR) is 304 cm³/mol. The summed E-state index contributed by atoms with van der Waals surface area (Å²) >= 11 is 0. The monoisotopic (exact) mass is 948 g/mol. The third kappa shape index (κ3) is 54.8. The van der Waals surface area contributed by atoms with E-state index in [0.29, 0.717) is 6.42 Å². The molecule has 4 heteroatoms. The first-order chi connectivity index (χ1) is 33.7. The molecule has 0 rings (SSSR count). The zero-order valence-corrected chi connectivity index (χ0v) is 45.6. The van der Waals surface area contributed by atoms with Crippen LogP contribution in [-0.2, 0) is 4.79 Å². The average Bonchev–Trinajstić information content (AvgIpc) is 3.34. The van der Waals surface area contributed by atoms with E-state index >= 15 is 0 Å². The standard InChI is InChI=1S/C64H117NO3/c1-3-5-7-9-11-13-15-17-19-21-23-24-25-26-27-28-29-30-31-32-33-34-35-36-37-38-39-40-42-44-46-48-50-52-54-56-58-60-64(68)65-62(61-66)63(67)59-57-55-53-51-49-47-45-43-41-22-20-18-16-14-12-10-8-6-4-2/h5,7,11,13,17,19,23-24,49,51,57,59,62-63,66-67H,3-4,6,8-10,12,14-16,18,20-22,25-48,50,52-56,58,60-61H2,1-2H3,(H,65,68)/b7-5-,13-11-,19-17-,24-23-,51-49+,59-57+. The fourth-order valence-electron chi connectivity index (χ4n) is 9.13. The molecule has 3 N–H and O–H groups in total. The number of hydrogen-bond acceptors (Lipinski definition) is 3. The van der Waals surface area contributed by atoms with Gasteiger partial charge in [-0.2, -0.15) is 0 Å². The molecule has 396 valence electrons. The van der Waals surface area contributed by atoms with E-state index in [4.69, 9.17) is 0 Å². The zero-order valence-electron chi connectivity index (χ0n) is 45.6. The summed E-state index contributed by atoms with van der Waals surface area (Å²) in [5.41, 5.74) is 0. The van der Waals surface area contributed by atoms with Gasteiger partial charge in [-0.1, -0.05) is 305 Å². The minimum absolute atomic E-state index is 0.0696. The quantitative estimate of drug-likeness (QED) is 0.0420. The molecule has 0 fully saturated rings. The van der Waals surface area contributed by atoms with Crippen LogP contribution in [0, 0.1) is 0 Å². The van der Waals surface area contributed by atoms with Crippen LogP contribution in [0.25, 0.3) is 0 Å². The Morgan fingerprint density at radius 1 is 0.368 bits per heavy atom. The number of hydrogen-bond donors (Lipinski definition) is 3. The summed E-state index contributed by atoms with van der Waals surface area (Å²) in [6.07, 6.45) is 85.2. The van der Waals surface area contributed by atoms with Crippen LogP contribution in [0.5, 0.6) is 0 Å². The summed E-state index contributed by atoms with van der Waals surface area (Å²) in [6.45, 7) is 4.21. The number of unbranched alkanes of at least 4 members (excludes halogenated alkanes) is 38. The molecule has 0 aromatic heterocycles. The van der Waals surface area contributed by atoms with Gasteiger partial charge in [0.15, 0.2) is 0 Å². The molecule has 0 aromatic rings. The van der Waals surface area contributed by atoms with E-state index < -0.39 is 12.1 Å². The Morgan fingerprint density at radius 2 is 0.662 bits per heavy atom. The van der Waals surface area contributed by atoms with Crippen molar-refractivity contribution >= 4 is 5.91 Å². The number of aliphatic hydroxyl groups excluding tert-OH is 2. The number of carbonyl (C=O) groups excluding carboxylic acids is 1. The normalized spacial score (nSPS) is 13.3. The van der Waals surface area contributed by atoms with Gasteiger partial charge in [0.25, 0.3) is 0 Å². The highest BCUT2D eigenvalue weighted by Crippen LogP contribution is 2.17. The van der Waals surface area contributed by atoms with Gasteiger partial charge in [0, 0.05) is 6.42 Å². The second kappa shape index (κ2) is 59.1. The summed E-state index contributed by atoms with van der Waals surface area (Å²) in [5.74, 6) is -0.0696. The lowest BCUT2D eigenvalue weighted by Crippen LogP contribution is -2.45. The summed E-state index contributed by atoms with van der Waals surface area (Å²) in [4.78, 5) is 12.5. The fourth-order valence-corrected chi connectivity index (χ4v) is 9.13. The van der Waals surface area contributed by atoms with E-state index in [2.05, 4.69) is 79.9 Å². The molecule has 0 saturated heterocycles. The van der Waals surface area contributed by atoms with Crippen LogP contribution in [0.1, 0.15) is 309 Å². The largest absolute Gasteiger partial charge is 0.394 e. The average molecular weight is 949 g/mol. The molecular formula is C64H117NO3. The molecule has 0 bridgehead atoms. The molecular weight excluding hydrogens is 831 g/mol. The molecule has 0 spiro atoms. The van der Waals surface area contributed by atoms with Crippen LogP contribution in [0.4, 0.5) is 0 Å². The van der Waals surface area contributed by atoms with Gasteiger partial charge in [-0.15, -0.1) is 0 Å². The molecule has 0 aliphatic carbocycles. The Hall–Kier alpha value is -2.17. The van der Waals surface area contributed by atoms with Crippen molar-refractivity contribution < 1.29 is 15.0 Å². The number of nitrogens with one attached hydrogen (secondary N) is 1. The number of rotatable bonds is 55. The van der Waals surface area contributed by atoms with Crippen molar-refractivity contribution in [1.82, 2.24) is 5.32 Å². The van der Waals surface area contributed by atoms with Crippen molar-refractivity contribution in [3.05, 3.63) is 72.9 Å². The number of amides is 1. The molecule has 0 radical (unpaired) electrons. The van der Waals surface area contributed by atoms with Crippen LogP contribution in [0.15, 0.2) is 72.9 Å². The SMILES string of the molecule is CC/C=C\C/C=C\C/C=C\C/C=C\CCCCCCCCCCCCCCCCCCCCCCCCCCC(=O)NC(CO)C(O)/C=C/CC/C=C/CCCCCCCCCCCCCCC. The summed E-state index contributed by atoms with van der Waals surface area (Å²) < 4.78 is 0. The highest BCUT2D eigenvalue weighted by molar-refractivity contribution is 5.76. The highest BCUT2D eigenvalue weighted by atomic mass is 16.3. The molecule has 68 heavy (non-hydrogen) atoms. The molecule has 2 unspecified atom stereocenters. The van der Waals surface area contributed by atoms with Crippen molar-refractivity contribution in [2.75, 3.05) is 6.61 Å². The van der Waals surface area contributed by atoms with Crippen molar-refractivity contribution in [2.45, 2.75) is 321 Å². The summed E-state index contributed by atoms with van der Waals surface area (Å²) in [6, 6.07) is -0.640. The molecule has 0 aliphatic heterocycles. The topological polar surface area (TPSA) is 69.6 Å². The van der Waals surface area contributed by atoms with Gasteiger partial charge in [0.2, 0.25) is 5.91 Å². The van der Waals surface area contributed by atoms with E-state index in [0.717, 1.165) is 57.8 Å². The maximum Gasteiger partial charge on any atom is 0.220 e. The van der Waals surface area contributed by atoms with Gasteiger partial charge in [-0.25, -0.2) is 0 Å². The second-order valence-corrected chi connectivity index (χ2v) is 20.4. The fraction of sp³-hybridized carbons (Fsp3) is 0.797. The third-order valence-electron chi connectivity index (χ3n) is 13.7. The van der Waals surface area contributed by atoms with Crippen molar-refractivity contribution in [3.63, 3.8) is 0 Å². The number of aliphatic hydroxyl groups is 2. The van der Waals surface area contributed by atoms with Gasteiger partial charge in [0.1, 0.15) is 0 Å². The number of allylic oxidation sites excluding steroid dienone is 11. The van der Waals surface area contributed by atoms with Crippen LogP contribution in [-0.4, -0.2) is 34.9 Å². The van der Waals surface area contributed by atoms with Gasteiger partial charge in [-0.3, -0.25) is 4.79 Å². The van der Waals surface area contributed by atoms with Crippen molar-refractivity contribution in [1.29, 1.82) is 0 Å². The molecule has 2 atom stereocenters. The van der Waals surface area contributed by atoms with E-state index in [9.17, 15) is 15.0 Å². The first-order valence-electron chi connectivity index (χ1n) is 30.2. The molecule has 0 heterocycles. The van der Waals surface area contributed by atoms with Crippen LogP contribution < -0.4 is 5.32 Å². The Kier molecular flexibility index (Phi) is 57.3. The molecule has 4 nitrogen and oxygen atoms in total. The third-order valence-corrected chi connectivity index (χ3v) is 13.7. The van der Waals surface area contributed by atoms with Gasteiger partial charge < -0.3 is 15.5 Å². The van der Waals surface area contributed by atoms with E-state index in [-0.39, 0.29) is 12.5 Å². The first-order valence-corrected chi connectivity index (χ1v) is 30.2. The molecule has 1 amide bonds. The highest BCUT2D eigenvalue weighted by Gasteiger charge is 2.18. The number of carbonyl (C=O) groups is 1. The molecule has 0 aliphatic rings. The minimum Gasteiger partial charge on any atom is -0.394 e. The minimum atomic E-state index is -0.863. The smallest absolute Gasteiger partial charge is 0.220 e. The lowest BCUT2D eigenvalue weighted by molar-refractivity contribution is -0.123. The first kappa shape index (κ1) is 65.8. The van der Waals surface area contributed by atoms with Crippen molar-refractivity contribution in [2.24, 2.45) is 0 Å². The van der Waals surface area contributed by atoms with Gasteiger partial charge >= 0.3 is 0 Å². The zero-order chi connectivity index (χ0) is 49.2. The molecule has 0 aromatic carbocycles. The lowest BCUT2D eigenvalue weighted by Gasteiger charge is -2.19. The summed E-state index contributed by atoms with van der Waals surface area (Å²) in [7, 11) is 0. The van der Waals surface area contributed by atoms with E-state index in [1.807, 2.05) is 6.08 Å². The van der Waals surface area contributed by atoms with Crippen LogP contribution in [0.3, 0.4) is 0 Å². The Bertz CT molecular complexity index is 1170.